The molecule has 0 amide bonds. The van der Waals surface area contributed by atoms with Crippen LogP contribution in [0.5, 0.6) is 0 Å². The van der Waals surface area contributed by atoms with Crippen molar-refractivity contribution in [2.24, 2.45) is 7.05 Å². The molecule has 2 aromatic heterocycles. The summed E-state index contributed by atoms with van der Waals surface area (Å²) >= 11 is 13.7. The molecular weight excluding hydrogens is 431 g/mol. The van der Waals surface area contributed by atoms with E-state index in [1.807, 2.05) is 41.0 Å². The first-order valence-corrected chi connectivity index (χ1v) is 10.5. The molecule has 148 valence electrons. The van der Waals surface area contributed by atoms with Gasteiger partial charge < -0.3 is 4.57 Å². The molecule has 0 aliphatic heterocycles. The van der Waals surface area contributed by atoms with E-state index in [4.69, 9.17) is 23.2 Å². The fraction of sp³-hybridized carbons (Fsp3) is 0.150. The number of aryl methyl sites for hydroxylation is 1. The number of rotatable bonds is 5. The normalized spacial score (nSPS) is 11.3. The predicted octanol–water partition coefficient (Wildman–Crippen LogP) is 4.07. The number of imidazole rings is 1. The maximum Gasteiger partial charge on any atom is 0.329 e. The molecule has 6 nitrogen and oxygen atoms in total. The first-order valence-electron chi connectivity index (χ1n) is 8.74. The lowest BCUT2D eigenvalue weighted by Crippen LogP contribution is -2.29. The van der Waals surface area contributed by atoms with Gasteiger partial charge in [0, 0.05) is 22.8 Å². The molecule has 0 saturated heterocycles. The minimum absolute atomic E-state index is 0.342. The van der Waals surface area contributed by atoms with Gasteiger partial charge in [0.1, 0.15) is 0 Å². The number of aromatic nitrogens is 4. The van der Waals surface area contributed by atoms with E-state index in [-0.39, 0.29) is 0 Å². The van der Waals surface area contributed by atoms with Crippen molar-refractivity contribution in [2.45, 2.75) is 17.5 Å². The highest BCUT2D eigenvalue weighted by atomic mass is 35.5. The van der Waals surface area contributed by atoms with Gasteiger partial charge in [0.2, 0.25) is 0 Å². The zero-order valence-electron chi connectivity index (χ0n) is 15.4. The molecule has 0 aliphatic carbocycles. The highest BCUT2D eigenvalue weighted by molar-refractivity contribution is 7.98. The Morgan fingerprint density at radius 1 is 1.07 bits per heavy atom. The summed E-state index contributed by atoms with van der Waals surface area (Å²) in [6, 6.07) is 15.0. The van der Waals surface area contributed by atoms with Crippen molar-refractivity contribution in [1.82, 2.24) is 19.1 Å². The number of hydrogen-bond acceptors (Lipinski definition) is 4. The molecule has 4 rings (SSSR count). The van der Waals surface area contributed by atoms with E-state index in [0.717, 1.165) is 11.1 Å². The fourth-order valence-electron chi connectivity index (χ4n) is 3.00. The van der Waals surface area contributed by atoms with Crippen molar-refractivity contribution >= 4 is 46.1 Å². The number of thioether (sulfide) groups is 1. The Morgan fingerprint density at radius 2 is 1.79 bits per heavy atom. The van der Waals surface area contributed by atoms with Crippen LogP contribution in [-0.4, -0.2) is 19.1 Å². The first kappa shape index (κ1) is 19.8. The number of aromatic amines is 1. The number of H-pyrrole nitrogens is 1. The van der Waals surface area contributed by atoms with Gasteiger partial charge in [-0.25, -0.2) is 9.78 Å². The standard InChI is InChI=1S/C20H16Cl2N4O2S/c1-25-17-16(18(27)24-19(25)28)26(10-12-6-8-14(21)9-7-12)20(23-17)29-11-13-4-2-3-5-15(13)22/h2-9H,10-11H2,1H3,(H,24,27,28). The van der Waals surface area contributed by atoms with Crippen molar-refractivity contribution in [3.8, 4) is 0 Å². The van der Waals surface area contributed by atoms with Crippen LogP contribution in [-0.2, 0) is 19.3 Å². The minimum Gasteiger partial charge on any atom is -0.309 e. The molecule has 29 heavy (non-hydrogen) atoms. The number of nitrogens with zero attached hydrogens (tertiary/aromatic N) is 3. The summed E-state index contributed by atoms with van der Waals surface area (Å²) in [6.07, 6.45) is 0. The lowest BCUT2D eigenvalue weighted by atomic mass is 10.2. The molecule has 0 bridgehead atoms. The Bertz CT molecular complexity index is 1310. The van der Waals surface area contributed by atoms with Gasteiger partial charge in [0.25, 0.3) is 5.56 Å². The molecule has 9 heteroatoms. The number of benzene rings is 2. The van der Waals surface area contributed by atoms with Crippen LogP contribution in [0, 0.1) is 0 Å². The van der Waals surface area contributed by atoms with Crippen LogP contribution < -0.4 is 11.2 Å². The van der Waals surface area contributed by atoms with Crippen molar-refractivity contribution in [3.05, 3.63) is 90.5 Å². The highest BCUT2D eigenvalue weighted by Gasteiger charge is 2.18. The first-order chi connectivity index (χ1) is 13.9. The van der Waals surface area contributed by atoms with Gasteiger partial charge in [-0.2, -0.15) is 0 Å². The van der Waals surface area contributed by atoms with Gasteiger partial charge >= 0.3 is 5.69 Å². The molecule has 0 aliphatic rings. The monoisotopic (exact) mass is 446 g/mol. The van der Waals surface area contributed by atoms with Gasteiger partial charge in [-0.3, -0.25) is 14.3 Å². The van der Waals surface area contributed by atoms with Crippen LogP contribution in [0.15, 0.2) is 63.3 Å². The Kier molecular flexibility index (Phi) is 5.54. The predicted molar refractivity (Wildman–Crippen MR) is 117 cm³/mol. The fourth-order valence-corrected chi connectivity index (χ4v) is 4.41. The van der Waals surface area contributed by atoms with Gasteiger partial charge in [-0.15, -0.1) is 0 Å². The summed E-state index contributed by atoms with van der Waals surface area (Å²) in [6.45, 7) is 0.416. The van der Waals surface area contributed by atoms with Crippen LogP contribution in [0.1, 0.15) is 11.1 Å². The van der Waals surface area contributed by atoms with Crippen molar-refractivity contribution in [1.29, 1.82) is 0 Å². The van der Waals surface area contributed by atoms with E-state index in [1.165, 1.54) is 16.3 Å². The van der Waals surface area contributed by atoms with Crippen LogP contribution >= 0.6 is 35.0 Å². The number of halogens is 2. The smallest absolute Gasteiger partial charge is 0.309 e. The van der Waals surface area contributed by atoms with Crippen LogP contribution in [0.3, 0.4) is 0 Å². The highest BCUT2D eigenvalue weighted by Crippen LogP contribution is 2.28. The number of nitrogens with one attached hydrogen (secondary N) is 1. The average molecular weight is 447 g/mol. The largest absolute Gasteiger partial charge is 0.329 e. The van der Waals surface area contributed by atoms with Crippen molar-refractivity contribution in [2.75, 3.05) is 0 Å². The van der Waals surface area contributed by atoms with Gasteiger partial charge in [-0.1, -0.05) is 65.3 Å². The summed E-state index contributed by atoms with van der Waals surface area (Å²) in [7, 11) is 1.59. The zero-order chi connectivity index (χ0) is 20.5. The molecule has 2 heterocycles. The second kappa shape index (κ2) is 8.10. The third-order valence-corrected chi connectivity index (χ3v) is 6.19. The number of hydrogen-bond donors (Lipinski definition) is 1. The minimum atomic E-state index is -0.499. The van der Waals surface area contributed by atoms with Crippen LogP contribution in [0.2, 0.25) is 10.0 Å². The van der Waals surface area contributed by atoms with E-state index in [2.05, 4.69) is 9.97 Å². The molecule has 1 N–H and O–H groups in total. The van der Waals surface area contributed by atoms with Crippen LogP contribution in [0.25, 0.3) is 11.2 Å². The van der Waals surface area contributed by atoms with E-state index in [9.17, 15) is 9.59 Å². The van der Waals surface area contributed by atoms with E-state index in [0.29, 0.717) is 38.7 Å². The molecule has 4 aromatic rings. The molecule has 0 unspecified atom stereocenters. The third kappa shape index (κ3) is 3.99. The van der Waals surface area contributed by atoms with Gasteiger partial charge in [0.15, 0.2) is 16.3 Å². The lowest BCUT2D eigenvalue weighted by molar-refractivity contribution is 0.728. The third-order valence-electron chi connectivity index (χ3n) is 4.54. The Balaban J connectivity index is 1.81. The molecule has 0 saturated carbocycles. The Hall–Kier alpha value is -2.48. The van der Waals surface area contributed by atoms with E-state index in [1.54, 1.807) is 19.2 Å². The SMILES string of the molecule is Cn1c(=O)[nH]c(=O)c2c1nc(SCc1ccccc1Cl)n2Cc1ccc(Cl)cc1. The molecule has 0 fully saturated rings. The molecule has 0 atom stereocenters. The van der Waals surface area contributed by atoms with Gasteiger partial charge in [0.05, 0.1) is 6.54 Å². The van der Waals surface area contributed by atoms with Crippen LogP contribution in [0.4, 0.5) is 0 Å². The molecule has 0 spiro atoms. The molecule has 2 aromatic carbocycles. The lowest BCUT2D eigenvalue weighted by Gasteiger charge is -2.09. The quantitative estimate of drug-likeness (QED) is 0.468. The van der Waals surface area contributed by atoms with E-state index >= 15 is 0 Å². The maximum atomic E-state index is 12.6. The average Bonchev–Trinajstić information content (AvgIpc) is 3.06. The summed E-state index contributed by atoms with van der Waals surface area (Å²) in [5.41, 5.74) is 1.65. The summed E-state index contributed by atoms with van der Waals surface area (Å²) < 4.78 is 3.16. The molecular formula is C20H16Cl2N4O2S. The Labute approximate surface area is 180 Å². The van der Waals surface area contributed by atoms with Crippen molar-refractivity contribution < 1.29 is 0 Å². The van der Waals surface area contributed by atoms with Crippen molar-refractivity contribution in [3.63, 3.8) is 0 Å². The second-order valence-electron chi connectivity index (χ2n) is 6.48. The topological polar surface area (TPSA) is 72.7 Å². The summed E-state index contributed by atoms with van der Waals surface area (Å²) in [5.74, 6) is 0.579. The summed E-state index contributed by atoms with van der Waals surface area (Å²) in [4.78, 5) is 31.5. The summed E-state index contributed by atoms with van der Waals surface area (Å²) in [5, 5.41) is 1.94. The molecule has 0 radical (unpaired) electrons. The number of fused-ring (bicyclic) bond motifs is 1. The second-order valence-corrected chi connectivity index (χ2v) is 8.26. The Morgan fingerprint density at radius 3 is 2.52 bits per heavy atom. The van der Waals surface area contributed by atoms with E-state index < -0.39 is 11.2 Å². The maximum absolute atomic E-state index is 12.6. The van der Waals surface area contributed by atoms with Gasteiger partial charge in [-0.05, 0) is 29.3 Å². The zero-order valence-corrected chi connectivity index (χ0v) is 17.7.